The fourth-order valence-corrected chi connectivity index (χ4v) is 2.49. The third kappa shape index (κ3) is 2.48. The Morgan fingerprint density at radius 2 is 1.57 bits per heavy atom. The summed E-state index contributed by atoms with van der Waals surface area (Å²) in [4.78, 5) is 3.76. The number of benzene rings is 2. The smallest absolute Gasteiger partial charge is 0.450 e. The molecule has 0 aliphatic heterocycles. The number of hydrogen-bond donors (Lipinski definition) is 0. The lowest BCUT2D eigenvalue weighted by molar-refractivity contribution is -0.145. The van der Waals surface area contributed by atoms with Crippen LogP contribution in [0.5, 0.6) is 11.5 Å². The van der Waals surface area contributed by atoms with E-state index in [2.05, 4.69) is 4.98 Å². The van der Waals surface area contributed by atoms with Crippen molar-refractivity contribution in [2.24, 2.45) is 0 Å². The summed E-state index contributed by atoms with van der Waals surface area (Å²) in [7, 11) is 2.80. The second-order valence-electron chi connectivity index (χ2n) is 4.77. The fraction of sp³-hybridized carbons (Fsp3) is 0.188. The minimum absolute atomic E-state index is 0.147. The van der Waals surface area contributed by atoms with Crippen LogP contribution in [-0.4, -0.2) is 23.8 Å². The predicted octanol–water partition coefficient (Wildman–Crippen LogP) is 4.06. The van der Waals surface area contributed by atoms with Gasteiger partial charge >= 0.3 is 6.18 Å². The number of imidazole rings is 1. The molecule has 0 amide bonds. The van der Waals surface area contributed by atoms with E-state index in [-0.39, 0.29) is 17.0 Å². The second kappa shape index (κ2) is 5.49. The first kappa shape index (κ1) is 15.2. The Hall–Kier alpha value is -2.70. The van der Waals surface area contributed by atoms with Gasteiger partial charge in [-0.15, -0.1) is 0 Å². The van der Waals surface area contributed by atoms with Gasteiger partial charge < -0.3 is 9.47 Å². The summed E-state index contributed by atoms with van der Waals surface area (Å²) in [6.45, 7) is 0. The molecule has 0 bridgehead atoms. The van der Waals surface area contributed by atoms with Gasteiger partial charge in [-0.1, -0.05) is 18.2 Å². The van der Waals surface area contributed by atoms with Crippen LogP contribution in [0.4, 0.5) is 13.2 Å². The summed E-state index contributed by atoms with van der Waals surface area (Å²) < 4.78 is 51.8. The summed E-state index contributed by atoms with van der Waals surface area (Å²) in [5.41, 5.74) is 0.701. The second-order valence-corrected chi connectivity index (χ2v) is 4.77. The van der Waals surface area contributed by atoms with Crippen LogP contribution in [0.15, 0.2) is 42.5 Å². The van der Waals surface area contributed by atoms with Crippen molar-refractivity contribution in [1.82, 2.24) is 9.55 Å². The zero-order valence-electron chi connectivity index (χ0n) is 12.4. The lowest BCUT2D eigenvalue weighted by Crippen LogP contribution is -2.14. The highest BCUT2D eigenvalue weighted by molar-refractivity contribution is 5.85. The molecule has 0 spiro atoms. The molecule has 0 fully saturated rings. The summed E-state index contributed by atoms with van der Waals surface area (Å²) in [6.07, 6.45) is -4.62. The summed E-state index contributed by atoms with van der Waals surface area (Å²) in [5, 5.41) is 0. The number of halogens is 3. The average molecular weight is 322 g/mol. The van der Waals surface area contributed by atoms with Crippen molar-refractivity contribution >= 4 is 11.0 Å². The minimum Gasteiger partial charge on any atom is -0.495 e. The van der Waals surface area contributed by atoms with Crippen molar-refractivity contribution in [2.45, 2.75) is 6.18 Å². The van der Waals surface area contributed by atoms with Gasteiger partial charge in [-0.05, 0) is 24.3 Å². The van der Waals surface area contributed by atoms with Crippen LogP contribution in [0, 0.1) is 0 Å². The van der Waals surface area contributed by atoms with E-state index in [1.807, 2.05) is 0 Å². The quantitative estimate of drug-likeness (QED) is 0.729. The fourth-order valence-electron chi connectivity index (χ4n) is 2.49. The topological polar surface area (TPSA) is 36.3 Å². The van der Waals surface area contributed by atoms with E-state index in [0.29, 0.717) is 11.3 Å². The van der Waals surface area contributed by atoms with Crippen molar-refractivity contribution in [1.29, 1.82) is 0 Å². The molecule has 0 radical (unpaired) electrons. The maximum absolute atomic E-state index is 13.5. The number of aromatic nitrogens is 2. The molecule has 7 heteroatoms. The molecule has 0 saturated heterocycles. The zero-order chi connectivity index (χ0) is 16.6. The Labute approximate surface area is 130 Å². The molecule has 3 aromatic rings. The molecule has 0 aliphatic rings. The maximum Gasteiger partial charge on any atom is 0.450 e. The highest BCUT2D eigenvalue weighted by Crippen LogP contribution is 2.38. The molecule has 1 aromatic heterocycles. The zero-order valence-corrected chi connectivity index (χ0v) is 12.4. The summed E-state index contributed by atoms with van der Waals surface area (Å²) in [6, 6.07) is 11.2. The molecule has 4 nitrogen and oxygen atoms in total. The Morgan fingerprint density at radius 1 is 0.913 bits per heavy atom. The van der Waals surface area contributed by atoms with Gasteiger partial charge in [0.1, 0.15) is 17.0 Å². The van der Waals surface area contributed by atoms with Crippen LogP contribution in [-0.2, 0) is 6.18 Å². The minimum atomic E-state index is -4.62. The van der Waals surface area contributed by atoms with E-state index >= 15 is 0 Å². The molecule has 2 aromatic carbocycles. The van der Waals surface area contributed by atoms with Gasteiger partial charge in [0.2, 0.25) is 5.82 Å². The highest BCUT2D eigenvalue weighted by atomic mass is 19.4. The molecular formula is C16H13F3N2O2. The van der Waals surface area contributed by atoms with Gasteiger partial charge in [-0.2, -0.15) is 13.2 Å². The van der Waals surface area contributed by atoms with Gasteiger partial charge in [0.15, 0.2) is 0 Å². The summed E-state index contributed by atoms with van der Waals surface area (Å²) in [5.74, 6) is -0.428. The Kier molecular flexibility index (Phi) is 3.63. The third-order valence-corrected chi connectivity index (χ3v) is 3.45. The van der Waals surface area contributed by atoms with Crippen LogP contribution >= 0.6 is 0 Å². The Balaban J connectivity index is 2.43. The lowest BCUT2D eigenvalue weighted by Gasteiger charge is -2.14. The molecule has 3 rings (SSSR count). The largest absolute Gasteiger partial charge is 0.495 e. The number of fused-ring (bicyclic) bond motifs is 1. The molecule has 0 atom stereocenters. The first-order chi connectivity index (χ1) is 11.0. The SMILES string of the molecule is COc1ccccc1-n1c(C(F)(F)F)nc2c(OC)cccc21. The van der Waals surface area contributed by atoms with Crippen LogP contribution in [0.2, 0.25) is 0 Å². The van der Waals surface area contributed by atoms with Crippen molar-refractivity contribution < 1.29 is 22.6 Å². The highest BCUT2D eigenvalue weighted by Gasteiger charge is 2.39. The van der Waals surface area contributed by atoms with E-state index < -0.39 is 12.0 Å². The van der Waals surface area contributed by atoms with Gasteiger partial charge in [-0.3, -0.25) is 4.57 Å². The van der Waals surface area contributed by atoms with Crippen LogP contribution < -0.4 is 9.47 Å². The number of ether oxygens (including phenoxy) is 2. The summed E-state index contributed by atoms with van der Waals surface area (Å²) >= 11 is 0. The molecule has 1 heterocycles. The average Bonchev–Trinajstić information content (AvgIpc) is 2.94. The first-order valence-electron chi connectivity index (χ1n) is 6.73. The number of nitrogens with zero attached hydrogens (tertiary/aromatic N) is 2. The third-order valence-electron chi connectivity index (χ3n) is 3.45. The number of alkyl halides is 3. The molecule has 0 N–H and O–H groups in total. The number of hydrogen-bond acceptors (Lipinski definition) is 3. The van der Waals surface area contributed by atoms with Crippen LogP contribution in [0.25, 0.3) is 16.7 Å². The van der Waals surface area contributed by atoms with Gasteiger partial charge in [0, 0.05) is 0 Å². The Bertz CT molecular complexity index is 856. The van der Waals surface area contributed by atoms with Crippen LogP contribution in [0.1, 0.15) is 5.82 Å². The monoisotopic (exact) mass is 322 g/mol. The van der Waals surface area contributed by atoms with Crippen molar-refractivity contribution in [3.8, 4) is 17.2 Å². The molecule has 120 valence electrons. The number of rotatable bonds is 3. The van der Waals surface area contributed by atoms with Gasteiger partial charge in [0.25, 0.3) is 0 Å². The maximum atomic E-state index is 13.5. The predicted molar refractivity (Wildman–Crippen MR) is 79.2 cm³/mol. The lowest BCUT2D eigenvalue weighted by atomic mass is 10.2. The van der Waals surface area contributed by atoms with E-state index in [4.69, 9.17) is 9.47 Å². The van der Waals surface area contributed by atoms with Crippen LogP contribution in [0.3, 0.4) is 0 Å². The number of methoxy groups -OCH3 is 2. The van der Waals surface area contributed by atoms with Gasteiger partial charge in [0.05, 0.1) is 25.4 Å². The van der Waals surface area contributed by atoms with E-state index in [1.54, 1.807) is 42.5 Å². The van der Waals surface area contributed by atoms with E-state index in [9.17, 15) is 13.2 Å². The van der Waals surface area contributed by atoms with Crippen molar-refractivity contribution in [3.05, 3.63) is 48.3 Å². The number of para-hydroxylation sites is 3. The van der Waals surface area contributed by atoms with E-state index in [0.717, 1.165) is 4.57 Å². The molecular weight excluding hydrogens is 309 g/mol. The molecule has 23 heavy (non-hydrogen) atoms. The first-order valence-corrected chi connectivity index (χ1v) is 6.73. The molecule has 0 saturated carbocycles. The standard InChI is InChI=1S/C16H13F3N2O2/c1-22-12-8-4-3-6-10(12)21-11-7-5-9-13(23-2)14(11)20-15(21)16(17,18)19/h3-9H,1-2H3. The van der Waals surface area contributed by atoms with E-state index in [1.165, 1.54) is 14.2 Å². The molecule has 0 unspecified atom stereocenters. The Morgan fingerprint density at radius 3 is 2.22 bits per heavy atom. The van der Waals surface area contributed by atoms with Crippen molar-refractivity contribution in [3.63, 3.8) is 0 Å². The van der Waals surface area contributed by atoms with Gasteiger partial charge in [-0.25, -0.2) is 4.98 Å². The molecule has 0 aliphatic carbocycles. The normalized spacial score (nSPS) is 11.7. The van der Waals surface area contributed by atoms with Crippen molar-refractivity contribution in [2.75, 3.05) is 14.2 Å².